The van der Waals surface area contributed by atoms with E-state index in [-0.39, 0.29) is 5.84 Å². The van der Waals surface area contributed by atoms with Crippen molar-refractivity contribution in [2.24, 2.45) is 9.98 Å². The number of fused-ring (bicyclic) bond motifs is 4. The van der Waals surface area contributed by atoms with E-state index in [0.29, 0.717) is 5.84 Å². The molecule has 1 N–H and O–H groups in total. The van der Waals surface area contributed by atoms with Crippen molar-refractivity contribution in [3.05, 3.63) is 217 Å². The lowest BCUT2D eigenvalue weighted by atomic mass is 9.94. The molecule has 3 heteroatoms. The van der Waals surface area contributed by atoms with E-state index in [1.165, 1.54) is 27.3 Å². The third-order valence-electron chi connectivity index (χ3n) is 10.1. The van der Waals surface area contributed by atoms with Gasteiger partial charge in [-0.1, -0.05) is 194 Å². The van der Waals surface area contributed by atoms with Gasteiger partial charge in [0.1, 0.15) is 0 Å². The average Bonchev–Trinajstić information content (AvgIpc) is 3.25. The Kier molecular flexibility index (Phi) is 8.72. The molecule has 0 bridgehead atoms. The first-order chi connectivity index (χ1) is 26.7. The van der Waals surface area contributed by atoms with Crippen LogP contribution in [0.15, 0.2) is 210 Å². The summed E-state index contributed by atoms with van der Waals surface area (Å²) in [6, 6.07) is 69.3. The molecule has 0 heterocycles. The lowest BCUT2D eigenvalue weighted by Gasteiger charge is -2.11. The molecule has 0 aromatic heterocycles. The Bertz CT molecular complexity index is 2840. The van der Waals surface area contributed by atoms with Crippen LogP contribution in [0.3, 0.4) is 0 Å². The van der Waals surface area contributed by atoms with Crippen molar-refractivity contribution in [1.82, 2.24) is 0 Å². The predicted octanol–water partition coefficient (Wildman–Crippen LogP) is 13.0. The molecule has 9 rings (SSSR count). The molecule has 0 saturated heterocycles. The summed E-state index contributed by atoms with van der Waals surface area (Å²) in [5, 5.41) is 16.1. The Hall–Kier alpha value is -7.23. The maximum absolute atomic E-state index is 9.13. The van der Waals surface area contributed by atoms with E-state index in [1.807, 2.05) is 54.7 Å². The Morgan fingerprint density at radius 2 is 0.833 bits per heavy atom. The van der Waals surface area contributed by atoms with Crippen LogP contribution in [0.4, 0.5) is 0 Å². The molecule has 0 radical (unpaired) electrons. The van der Waals surface area contributed by atoms with E-state index in [4.69, 9.17) is 15.4 Å². The summed E-state index contributed by atoms with van der Waals surface area (Å²) in [7, 11) is 0. The summed E-state index contributed by atoms with van der Waals surface area (Å²) in [5.74, 6) is 0.621. The fraction of sp³-hybridized carbons (Fsp3) is 0. The minimum atomic E-state index is 0.149. The number of benzene rings is 9. The van der Waals surface area contributed by atoms with Crippen LogP contribution in [0.25, 0.3) is 65.7 Å². The molecular formula is C51H35N3. The number of nitrogens with one attached hydrogen (secondary N) is 1. The first kappa shape index (κ1) is 32.7. The number of aliphatic imine (C=N–C) groups is 2. The molecule has 0 unspecified atom stereocenters. The van der Waals surface area contributed by atoms with Crippen LogP contribution in [-0.2, 0) is 0 Å². The monoisotopic (exact) mass is 689 g/mol. The van der Waals surface area contributed by atoms with Crippen LogP contribution in [0.5, 0.6) is 0 Å². The first-order valence-electron chi connectivity index (χ1n) is 18.1. The van der Waals surface area contributed by atoms with E-state index in [9.17, 15) is 0 Å². The highest BCUT2D eigenvalue weighted by atomic mass is 14.9. The summed E-state index contributed by atoms with van der Waals surface area (Å²) in [6.45, 7) is 0. The van der Waals surface area contributed by atoms with Gasteiger partial charge in [-0.3, -0.25) is 5.41 Å². The van der Waals surface area contributed by atoms with Gasteiger partial charge in [0.25, 0.3) is 0 Å². The van der Waals surface area contributed by atoms with Gasteiger partial charge >= 0.3 is 0 Å². The summed E-state index contributed by atoms with van der Waals surface area (Å²) in [5.41, 5.74) is 9.41. The second-order valence-electron chi connectivity index (χ2n) is 13.4. The Morgan fingerprint density at radius 3 is 1.43 bits per heavy atom. The molecule has 0 saturated carbocycles. The largest absolute Gasteiger partial charge is 0.282 e. The smallest absolute Gasteiger partial charge is 0.161 e. The molecule has 0 spiro atoms. The van der Waals surface area contributed by atoms with Crippen molar-refractivity contribution in [3.8, 4) is 33.4 Å². The number of hydrogen-bond acceptors (Lipinski definition) is 1. The molecule has 0 aliphatic heterocycles. The minimum absolute atomic E-state index is 0.149. The van der Waals surface area contributed by atoms with Crippen molar-refractivity contribution >= 4 is 50.2 Å². The molecule has 9 aromatic rings. The molecule has 9 aromatic carbocycles. The fourth-order valence-electron chi connectivity index (χ4n) is 7.21. The zero-order valence-electron chi connectivity index (χ0n) is 29.5. The van der Waals surface area contributed by atoms with Crippen molar-refractivity contribution in [2.45, 2.75) is 0 Å². The van der Waals surface area contributed by atoms with Gasteiger partial charge < -0.3 is 0 Å². The Morgan fingerprint density at radius 1 is 0.370 bits per heavy atom. The number of amidine groups is 2. The van der Waals surface area contributed by atoms with E-state index < -0.39 is 0 Å². The number of nitrogens with zero attached hydrogens (tertiary/aromatic N) is 2. The van der Waals surface area contributed by atoms with Gasteiger partial charge in [-0.25, -0.2) is 9.98 Å². The van der Waals surface area contributed by atoms with Crippen LogP contribution in [-0.4, -0.2) is 17.9 Å². The average molecular weight is 690 g/mol. The van der Waals surface area contributed by atoms with Gasteiger partial charge in [0.15, 0.2) is 11.7 Å². The fourth-order valence-corrected chi connectivity index (χ4v) is 7.21. The molecule has 254 valence electrons. The lowest BCUT2D eigenvalue weighted by Crippen LogP contribution is -2.05. The van der Waals surface area contributed by atoms with Gasteiger partial charge in [0, 0.05) is 22.9 Å². The maximum atomic E-state index is 9.13. The van der Waals surface area contributed by atoms with Crippen molar-refractivity contribution < 1.29 is 0 Å². The van der Waals surface area contributed by atoms with E-state index in [1.54, 1.807) is 0 Å². The quantitative estimate of drug-likeness (QED) is 0.0782. The molecule has 0 aliphatic rings. The van der Waals surface area contributed by atoms with Gasteiger partial charge in [0.05, 0.1) is 0 Å². The Balaban J connectivity index is 1.12. The number of hydrogen-bond donors (Lipinski definition) is 1. The van der Waals surface area contributed by atoms with Crippen molar-refractivity contribution in [1.29, 1.82) is 5.41 Å². The van der Waals surface area contributed by atoms with E-state index >= 15 is 0 Å². The van der Waals surface area contributed by atoms with Crippen molar-refractivity contribution in [3.63, 3.8) is 0 Å². The van der Waals surface area contributed by atoms with Gasteiger partial charge in [0.2, 0.25) is 0 Å². The molecule has 0 fully saturated rings. The van der Waals surface area contributed by atoms with Crippen LogP contribution in [0.1, 0.15) is 16.7 Å². The topological polar surface area (TPSA) is 48.6 Å². The molecule has 3 nitrogen and oxygen atoms in total. The van der Waals surface area contributed by atoms with E-state index in [0.717, 1.165) is 55.1 Å². The van der Waals surface area contributed by atoms with Crippen LogP contribution in [0.2, 0.25) is 0 Å². The van der Waals surface area contributed by atoms with Crippen LogP contribution in [0, 0.1) is 5.41 Å². The highest BCUT2D eigenvalue weighted by Crippen LogP contribution is 2.33. The van der Waals surface area contributed by atoms with Crippen molar-refractivity contribution in [2.75, 3.05) is 0 Å². The lowest BCUT2D eigenvalue weighted by molar-refractivity contribution is 1.40. The highest BCUT2D eigenvalue weighted by Gasteiger charge is 2.12. The molecule has 0 aliphatic carbocycles. The minimum Gasteiger partial charge on any atom is -0.282 e. The third-order valence-corrected chi connectivity index (χ3v) is 10.1. The van der Waals surface area contributed by atoms with Gasteiger partial charge in [-0.05, 0) is 71.8 Å². The SMILES string of the molecule is N=C(N=C(N=Cc1c2ccccc2cc2c1ccc1ccccc12)c1ccc(-c2ccc(-c3ccccc3)cc2)cc1)c1ccc(-c2ccccc2)cc1. The Labute approximate surface area is 314 Å². The molecular weight excluding hydrogens is 655 g/mol. The summed E-state index contributed by atoms with van der Waals surface area (Å²) in [6.07, 6.45) is 1.93. The molecule has 0 atom stereocenters. The normalized spacial score (nSPS) is 11.8. The standard InChI is InChI=1S/C51H35N3/c52-50(42-27-23-38(24-28-42)36-13-5-2-6-14-36)54-51(43-29-25-40(26-30-43)39-21-19-37(20-22-39)35-11-3-1-4-12-35)53-34-49-46-18-10-8-16-44(46)33-48-45-17-9-7-15-41(45)31-32-47(48)49/h1-34,52H. The predicted molar refractivity (Wildman–Crippen MR) is 229 cm³/mol. The second-order valence-corrected chi connectivity index (χ2v) is 13.4. The van der Waals surface area contributed by atoms with E-state index in [2.05, 4.69) is 152 Å². The van der Waals surface area contributed by atoms with Crippen LogP contribution < -0.4 is 0 Å². The first-order valence-corrected chi connectivity index (χ1v) is 18.1. The maximum Gasteiger partial charge on any atom is 0.161 e. The number of rotatable bonds is 6. The summed E-state index contributed by atoms with van der Waals surface area (Å²) < 4.78 is 0. The van der Waals surface area contributed by atoms with Crippen LogP contribution >= 0.6 is 0 Å². The summed E-state index contributed by atoms with van der Waals surface area (Å²) in [4.78, 5) is 10.0. The third kappa shape index (κ3) is 6.51. The zero-order valence-corrected chi connectivity index (χ0v) is 29.5. The highest BCUT2D eigenvalue weighted by molar-refractivity contribution is 6.22. The van der Waals surface area contributed by atoms with Gasteiger partial charge in [-0.2, -0.15) is 0 Å². The molecule has 0 amide bonds. The second kappa shape index (κ2) is 14.4. The summed E-state index contributed by atoms with van der Waals surface area (Å²) >= 11 is 0. The molecule has 54 heavy (non-hydrogen) atoms. The van der Waals surface area contributed by atoms with Gasteiger partial charge in [-0.15, -0.1) is 0 Å². The zero-order chi connectivity index (χ0) is 36.3.